The summed E-state index contributed by atoms with van der Waals surface area (Å²) in [5.74, 6) is 0. The number of hydrogen-bond acceptors (Lipinski definition) is 4. The lowest BCUT2D eigenvalue weighted by atomic mass is 10.7. The van der Waals surface area contributed by atoms with E-state index in [1.807, 2.05) is 0 Å². The quantitative estimate of drug-likeness (QED) is 0.306. The molecule has 0 atom stereocenters. The van der Waals surface area contributed by atoms with Crippen molar-refractivity contribution in [2.24, 2.45) is 0 Å². The van der Waals surface area contributed by atoms with Crippen molar-refractivity contribution in [3.63, 3.8) is 0 Å². The van der Waals surface area contributed by atoms with Crippen molar-refractivity contribution >= 4 is 20.6 Å². The third kappa shape index (κ3) is 9.74. The van der Waals surface area contributed by atoms with Crippen LogP contribution in [0.2, 0.25) is 0 Å². The fourth-order valence-corrected chi connectivity index (χ4v) is 1.08. The summed E-state index contributed by atoms with van der Waals surface area (Å²) in [7, 11) is -8.62. The average Bonchev–Trinajstić information content (AvgIpc) is 1.76. The number of nitrogens with one attached hydrogen (secondary N) is 2. The van der Waals surface area contributed by atoms with Crippen LogP contribution >= 0.6 is 0 Å². The van der Waals surface area contributed by atoms with Crippen LogP contribution in [0.5, 0.6) is 0 Å². The normalized spacial score (nSPS) is 13.2. The molecule has 0 aromatic carbocycles. The molecule has 0 unspecified atom stereocenters. The summed E-state index contributed by atoms with van der Waals surface area (Å²) in [6, 6.07) is 0. The molecule has 12 heavy (non-hydrogen) atoms. The lowest BCUT2D eigenvalue weighted by Crippen LogP contribution is -2.33. The maximum atomic E-state index is 9.96. The zero-order valence-electron chi connectivity index (χ0n) is 5.76. The second-order valence-electron chi connectivity index (χ2n) is 1.74. The van der Waals surface area contributed by atoms with Crippen LogP contribution in [-0.2, 0) is 20.6 Å². The molecule has 10 heteroatoms. The van der Waals surface area contributed by atoms with E-state index in [4.69, 9.17) is 9.11 Å². The maximum Gasteiger partial charge on any atom is 0.333 e. The highest BCUT2D eigenvalue weighted by atomic mass is 32.2. The van der Waals surface area contributed by atoms with Gasteiger partial charge in [0.05, 0.1) is 0 Å². The number of rotatable bonds is 5. The summed E-state index contributed by atoms with van der Waals surface area (Å²) < 4.78 is 59.1. The SMILES string of the molecule is O=S(=O)(O)NCCNS(=O)(=O)O. The summed E-state index contributed by atoms with van der Waals surface area (Å²) in [6.07, 6.45) is 0. The first-order chi connectivity index (χ1) is 5.21. The van der Waals surface area contributed by atoms with Gasteiger partial charge in [0, 0.05) is 13.1 Å². The van der Waals surface area contributed by atoms with Crippen LogP contribution in [-0.4, -0.2) is 39.0 Å². The van der Waals surface area contributed by atoms with Crippen LogP contribution in [0, 0.1) is 0 Å². The Kier molecular flexibility index (Phi) is 4.02. The molecule has 0 aliphatic heterocycles. The molecule has 0 amide bonds. The minimum Gasteiger partial charge on any atom is -0.273 e. The Labute approximate surface area is 69.7 Å². The molecule has 74 valence electrons. The minimum absolute atomic E-state index is 0.349. The Morgan fingerprint density at radius 1 is 0.833 bits per heavy atom. The molecule has 0 aliphatic rings. The van der Waals surface area contributed by atoms with Crippen molar-refractivity contribution in [1.82, 2.24) is 9.44 Å². The lowest BCUT2D eigenvalue weighted by molar-refractivity contribution is 0.457. The van der Waals surface area contributed by atoms with Gasteiger partial charge in [-0.1, -0.05) is 0 Å². The van der Waals surface area contributed by atoms with Gasteiger partial charge in [-0.05, 0) is 0 Å². The Bertz CT molecular complexity index is 281. The van der Waals surface area contributed by atoms with Gasteiger partial charge in [0.25, 0.3) is 0 Å². The highest BCUT2D eigenvalue weighted by Gasteiger charge is 2.04. The summed E-state index contributed by atoms with van der Waals surface area (Å²) in [5.41, 5.74) is 0. The van der Waals surface area contributed by atoms with E-state index < -0.39 is 20.6 Å². The molecule has 4 N–H and O–H groups in total. The minimum atomic E-state index is -4.31. The van der Waals surface area contributed by atoms with E-state index in [2.05, 4.69) is 0 Å². The Morgan fingerprint density at radius 3 is 1.25 bits per heavy atom. The average molecular weight is 220 g/mol. The zero-order valence-corrected chi connectivity index (χ0v) is 7.39. The fraction of sp³-hybridized carbons (Fsp3) is 1.00. The van der Waals surface area contributed by atoms with Crippen LogP contribution in [0.15, 0.2) is 0 Å². The first-order valence-electron chi connectivity index (χ1n) is 2.65. The van der Waals surface area contributed by atoms with Crippen LogP contribution in [0.25, 0.3) is 0 Å². The van der Waals surface area contributed by atoms with Gasteiger partial charge >= 0.3 is 20.6 Å². The van der Waals surface area contributed by atoms with Crippen molar-refractivity contribution < 1.29 is 25.9 Å². The second kappa shape index (κ2) is 4.11. The molecule has 0 spiro atoms. The molecule has 0 saturated heterocycles. The van der Waals surface area contributed by atoms with Gasteiger partial charge in [-0.3, -0.25) is 9.11 Å². The van der Waals surface area contributed by atoms with Gasteiger partial charge in [0.2, 0.25) is 0 Å². The molecular weight excluding hydrogens is 212 g/mol. The van der Waals surface area contributed by atoms with Gasteiger partial charge in [-0.2, -0.15) is 26.3 Å². The monoisotopic (exact) mass is 220 g/mol. The van der Waals surface area contributed by atoms with Crippen molar-refractivity contribution in [2.75, 3.05) is 13.1 Å². The molecule has 0 saturated carbocycles. The Hall–Kier alpha value is -0.260. The van der Waals surface area contributed by atoms with Crippen LogP contribution in [0.3, 0.4) is 0 Å². The number of hydrogen-bond donors (Lipinski definition) is 4. The first kappa shape index (κ1) is 11.7. The van der Waals surface area contributed by atoms with E-state index in [0.717, 1.165) is 0 Å². The summed E-state index contributed by atoms with van der Waals surface area (Å²) in [4.78, 5) is 0. The van der Waals surface area contributed by atoms with Crippen molar-refractivity contribution in [3.8, 4) is 0 Å². The van der Waals surface area contributed by atoms with E-state index in [0.29, 0.717) is 0 Å². The van der Waals surface area contributed by atoms with Gasteiger partial charge in [0.15, 0.2) is 0 Å². The summed E-state index contributed by atoms with van der Waals surface area (Å²) in [5, 5.41) is 0. The molecular formula is C2H8N2O6S2. The lowest BCUT2D eigenvalue weighted by Gasteiger charge is -2.00. The van der Waals surface area contributed by atoms with Gasteiger partial charge in [-0.25, -0.2) is 0 Å². The Morgan fingerprint density at radius 2 is 1.08 bits per heavy atom. The van der Waals surface area contributed by atoms with E-state index in [9.17, 15) is 16.8 Å². The molecule has 8 nitrogen and oxygen atoms in total. The fourth-order valence-electron chi connectivity index (χ4n) is 0.360. The molecule has 0 heterocycles. The van der Waals surface area contributed by atoms with E-state index >= 15 is 0 Å². The smallest absolute Gasteiger partial charge is 0.273 e. The van der Waals surface area contributed by atoms with Crippen LogP contribution in [0.4, 0.5) is 0 Å². The Balaban J connectivity index is 3.62. The molecule has 0 radical (unpaired) electrons. The highest BCUT2D eigenvalue weighted by Crippen LogP contribution is 1.73. The molecule has 0 aromatic rings. The van der Waals surface area contributed by atoms with Gasteiger partial charge < -0.3 is 0 Å². The third-order valence-corrected chi connectivity index (χ3v) is 1.83. The predicted molar refractivity (Wildman–Crippen MR) is 39.1 cm³/mol. The first-order valence-corrected chi connectivity index (χ1v) is 5.53. The van der Waals surface area contributed by atoms with Crippen molar-refractivity contribution in [1.29, 1.82) is 0 Å². The van der Waals surface area contributed by atoms with E-state index in [-0.39, 0.29) is 13.1 Å². The molecule has 0 bridgehead atoms. The van der Waals surface area contributed by atoms with Crippen LogP contribution < -0.4 is 9.44 Å². The molecule has 0 fully saturated rings. The van der Waals surface area contributed by atoms with E-state index in [1.54, 1.807) is 9.44 Å². The van der Waals surface area contributed by atoms with E-state index in [1.165, 1.54) is 0 Å². The topological polar surface area (TPSA) is 133 Å². The highest BCUT2D eigenvalue weighted by molar-refractivity contribution is 7.84. The predicted octanol–water partition coefficient (Wildman–Crippen LogP) is -2.23. The van der Waals surface area contributed by atoms with Crippen molar-refractivity contribution in [3.05, 3.63) is 0 Å². The standard InChI is InChI=1S/C2H8N2O6S2/c5-11(6,7)3-1-2-4-12(8,9)10/h3-4H,1-2H2,(H,5,6,7)(H,8,9,10). The largest absolute Gasteiger partial charge is 0.333 e. The molecule has 0 aliphatic carbocycles. The zero-order chi connectivity index (χ0) is 9.83. The van der Waals surface area contributed by atoms with Crippen molar-refractivity contribution in [2.45, 2.75) is 0 Å². The van der Waals surface area contributed by atoms with Gasteiger partial charge in [0.1, 0.15) is 0 Å². The van der Waals surface area contributed by atoms with Crippen LogP contribution in [0.1, 0.15) is 0 Å². The summed E-state index contributed by atoms with van der Waals surface area (Å²) in [6.45, 7) is -0.697. The molecule has 0 rings (SSSR count). The van der Waals surface area contributed by atoms with Gasteiger partial charge in [-0.15, -0.1) is 0 Å². The summed E-state index contributed by atoms with van der Waals surface area (Å²) >= 11 is 0. The second-order valence-corrected chi connectivity index (χ2v) is 4.22. The maximum absolute atomic E-state index is 9.96. The third-order valence-electron chi connectivity index (χ3n) is 0.694. The molecule has 0 aromatic heterocycles.